The van der Waals surface area contributed by atoms with Crippen molar-refractivity contribution in [3.63, 3.8) is 0 Å². The van der Waals surface area contributed by atoms with Crippen molar-refractivity contribution >= 4 is 0 Å². The second-order valence-electron chi connectivity index (χ2n) is 7.02. The van der Waals surface area contributed by atoms with E-state index in [-0.39, 0.29) is 11.5 Å². The minimum absolute atomic E-state index is 0.106. The molecule has 1 atom stereocenters. The van der Waals surface area contributed by atoms with Crippen molar-refractivity contribution in [3.8, 4) is 11.4 Å². The van der Waals surface area contributed by atoms with E-state index in [4.69, 9.17) is 9.47 Å². The van der Waals surface area contributed by atoms with Gasteiger partial charge in [0.1, 0.15) is 5.82 Å². The molecule has 0 aliphatic carbocycles. The minimum atomic E-state index is -0.106. The number of benzene rings is 1. The fourth-order valence-corrected chi connectivity index (χ4v) is 3.57. The summed E-state index contributed by atoms with van der Waals surface area (Å²) in [6.45, 7) is 6.02. The highest BCUT2D eigenvalue weighted by atomic mass is 16.5. The van der Waals surface area contributed by atoms with Crippen molar-refractivity contribution in [1.29, 1.82) is 0 Å². The lowest BCUT2D eigenvalue weighted by atomic mass is 10.0. The lowest BCUT2D eigenvalue weighted by Crippen LogP contribution is -2.25. The largest absolute Gasteiger partial charge is 0.381 e. The summed E-state index contributed by atoms with van der Waals surface area (Å²) in [4.78, 5) is 22.0. The molecule has 2 saturated heterocycles. The van der Waals surface area contributed by atoms with Gasteiger partial charge in [-0.1, -0.05) is 24.3 Å². The van der Waals surface area contributed by atoms with E-state index in [1.807, 2.05) is 12.1 Å². The van der Waals surface area contributed by atoms with Crippen LogP contribution >= 0.6 is 0 Å². The lowest BCUT2D eigenvalue weighted by Gasteiger charge is -2.19. The van der Waals surface area contributed by atoms with Gasteiger partial charge in [-0.15, -0.1) is 0 Å². The number of nitrogens with one attached hydrogen (secondary N) is 1. The van der Waals surface area contributed by atoms with Crippen molar-refractivity contribution in [1.82, 2.24) is 14.9 Å². The molecule has 1 unspecified atom stereocenters. The standard InChI is InChI=1S/C20H25N3O3/c24-19-12-18(17-6-10-26-14-17)21-20(22-19)16-4-2-15(3-5-16)13-23-7-1-9-25-11-8-23/h2-5,12,17H,1,6-11,13-14H2,(H,21,22,24). The summed E-state index contributed by atoms with van der Waals surface area (Å²) in [7, 11) is 0. The molecule has 2 fully saturated rings. The molecule has 0 amide bonds. The summed E-state index contributed by atoms with van der Waals surface area (Å²) < 4.78 is 10.9. The van der Waals surface area contributed by atoms with Gasteiger partial charge in [0, 0.05) is 50.4 Å². The maximum absolute atomic E-state index is 12.0. The van der Waals surface area contributed by atoms with Gasteiger partial charge < -0.3 is 14.5 Å². The Kier molecular flexibility index (Phi) is 5.43. The van der Waals surface area contributed by atoms with Crippen LogP contribution in [0.4, 0.5) is 0 Å². The first kappa shape index (κ1) is 17.4. The van der Waals surface area contributed by atoms with Crippen LogP contribution in [0, 0.1) is 0 Å². The number of nitrogens with zero attached hydrogens (tertiary/aromatic N) is 2. The Hall–Kier alpha value is -2.02. The average Bonchev–Trinajstić information content (AvgIpc) is 3.08. The average molecular weight is 355 g/mol. The van der Waals surface area contributed by atoms with E-state index in [1.54, 1.807) is 6.07 Å². The first-order valence-corrected chi connectivity index (χ1v) is 9.36. The van der Waals surface area contributed by atoms with Crippen LogP contribution in [-0.4, -0.2) is 54.4 Å². The zero-order valence-corrected chi connectivity index (χ0v) is 14.9. The van der Waals surface area contributed by atoms with Crippen LogP contribution in [-0.2, 0) is 16.0 Å². The van der Waals surface area contributed by atoms with Crippen LogP contribution in [0.1, 0.15) is 30.0 Å². The molecule has 4 rings (SSSR count). The highest BCUT2D eigenvalue weighted by Crippen LogP contribution is 2.24. The second kappa shape index (κ2) is 8.12. The van der Waals surface area contributed by atoms with Crippen LogP contribution in [0.25, 0.3) is 11.4 Å². The second-order valence-corrected chi connectivity index (χ2v) is 7.02. The van der Waals surface area contributed by atoms with Crippen LogP contribution in [0.3, 0.4) is 0 Å². The van der Waals surface area contributed by atoms with Crippen molar-refractivity contribution in [2.45, 2.75) is 25.3 Å². The molecule has 6 heteroatoms. The van der Waals surface area contributed by atoms with Crippen LogP contribution in [0.2, 0.25) is 0 Å². The van der Waals surface area contributed by atoms with Gasteiger partial charge in [0.2, 0.25) is 0 Å². The Morgan fingerprint density at radius 3 is 2.81 bits per heavy atom. The van der Waals surface area contributed by atoms with E-state index in [2.05, 4.69) is 27.0 Å². The number of ether oxygens (including phenoxy) is 2. The highest BCUT2D eigenvalue weighted by Gasteiger charge is 2.20. The Balaban J connectivity index is 1.50. The predicted molar refractivity (Wildman–Crippen MR) is 99.2 cm³/mol. The predicted octanol–water partition coefficient (Wildman–Crippen LogP) is 2.16. The Morgan fingerprint density at radius 1 is 1.12 bits per heavy atom. The summed E-state index contributed by atoms with van der Waals surface area (Å²) in [5, 5.41) is 0. The van der Waals surface area contributed by atoms with Crippen molar-refractivity contribution in [2.24, 2.45) is 0 Å². The zero-order valence-electron chi connectivity index (χ0n) is 14.9. The summed E-state index contributed by atoms with van der Waals surface area (Å²) in [5.41, 5.74) is 2.92. The maximum atomic E-state index is 12.0. The van der Waals surface area contributed by atoms with E-state index in [9.17, 15) is 4.79 Å². The van der Waals surface area contributed by atoms with Crippen molar-refractivity contribution in [3.05, 3.63) is 51.9 Å². The van der Waals surface area contributed by atoms with Gasteiger partial charge >= 0.3 is 0 Å². The van der Waals surface area contributed by atoms with Crippen LogP contribution in [0.15, 0.2) is 35.1 Å². The van der Waals surface area contributed by atoms with Gasteiger partial charge in [-0.25, -0.2) is 4.98 Å². The fraction of sp³-hybridized carbons (Fsp3) is 0.500. The van der Waals surface area contributed by atoms with Gasteiger partial charge in [0.15, 0.2) is 0 Å². The van der Waals surface area contributed by atoms with Gasteiger partial charge in [-0.05, 0) is 18.4 Å². The first-order chi connectivity index (χ1) is 12.8. The number of H-pyrrole nitrogens is 1. The maximum Gasteiger partial charge on any atom is 0.251 e. The number of hydrogen-bond acceptors (Lipinski definition) is 5. The molecule has 0 radical (unpaired) electrons. The molecule has 2 aliphatic rings. The fourth-order valence-electron chi connectivity index (χ4n) is 3.57. The molecule has 2 aromatic rings. The molecule has 0 spiro atoms. The molecule has 6 nitrogen and oxygen atoms in total. The SMILES string of the molecule is O=c1cc(C2CCOC2)nc(-c2ccc(CN3CCCOCC3)cc2)[nH]1. The lowest BCUT2D eigenvalue weighted by molar-refractivity contribution is 0.140. The third-order valence-electron chi connectivity index (χ3n) is 5.06. The molecular weight excluding hydrogens is 330 g/mol. The number of aromatic amines is 1. The first-order valence-electron chi connectivity index (χ1n) is 9.36. The normalized spacial score (nSPS) is 21.6. The van der Waals surface area contributed by atoms with Gasteiger partial charge in [-0.3, -0.25) is 9.69 Å². The molecule has 138 valence electrons. The zero-order chi connectivity index (χ0) is 17.8. The molecule has 1 aromatic carbocycles. The van der Waals surface area contributed by atoms with Crippen LogP contribution in [0.5, 0.6) is 0 Å². The Morgan fingerprint density at radius 2 is 2.00 bits per heavy atom. The quantitative estimate of drug-likeness (QED) is 0.910. The molecule has 2 aliphatic heterocycles. The summed E-state index contributed by atoms with van der Waals surface area (Å²) in [6, 6.07) is 9.91. The van der Waals surface area contributed by atoms with E-state index < -0.39 is 0 Å². The molecule has 3 heterocycles. The van der Waals surface area contributed by atoms with Crippen LogP contribution < -0.4 is 5.56 Å². The van der Waals surface area contributed by atoms with E-state index in [0.29, 0.717) is 12.4 Å². The molecule has 1 aromatic heterocycles. The van der Waals surface area contributed by atoms with Gasteiger partial charge in [-0.2, -0.15) is 0 Å². The third kappa shape index (κ3) is 4.20. The van der Waals surface area contributed by atoms with Gasteiger partial charge in [0.05, 0.1) is 18.9 Å². The van der Waals surface area contributed by atoms with E-state index >= 15 is 0 Å². The van der Waals surface area contributed by atoms with Gasteiger partial charge in [0.25, 0.3) is 5.56 Å². The number of aromatic nitrogens is 2. The van der Waals surface area contributed by atoms with E-state index in [0.717, 1.165) is 63.6 Å². The molecular formula is C20H25N3O3. The summed E-state index contributed by atoms with van der Waals surface area (Å²) >= 11 is 0. The summed E-state index contributed by atoms with van der Waals surface area (Å²) in [6.07, 6.45) is 2.01. The van der Waals surface area contributed by atoms with Crippen molar-refractivity contribution in [2.75, 3.05) is 39.5 Å². The molecule has 0 bridgehead atoms. The Bertz CT molecular complexity index is 774. The highest BCUT2D eigenvalue weighted by molar-refractivity contribution is 5.55. The van der Waals surface area contributed by atoms with Crippen molar-refractivity contribution < 1.29 is 9.47 Å². The summed E-state index contributed by atoms with van der Waals surface area (Å²) in [5.74, 6) is 0.856. The monoisotopic (exact) mass is 355 g/mol. The molecule has 0 saturated carbocycles. The molecule has 26 heavy (non-hydrogen) atoms. The minimum Gasteiger partial charge on any atom is -0.381 e. The smallest absolute Gasteiger partial charge is 0.251 e. The third-order valence-corrected chi connectivity index (χ3v) is 5.06. The van der Waals surface area contributed by atoms with E-state index in [1.165, 1.54) is 5.56 Å². The Labute approximate surface area is 153 Å². The number of hydrogen-bond donors (Lipinski definition) is 1. The number of rotatable bonds is 4. The topological polar surface area (TPSA) is 67.4 Å². The molecule has 1 N–H and O–H groups in total.